The van der Waals surface area contributed by atoms with Gasteiger partial charge in [0.15, 0.2) is 34.8 Å². The van der Waals surface area contributed by atoms with Crippen molar-refractivity contribution in [2.24, 2.45) is 0 Å². The predicted octanol–water partition coefficient (Wildman–Crippen LogP) is 4.39. The highest BCUT2D eigenvalue weighted by Gasteiger charge is 2.14. The molecule has 0 bridgehead atoms. The van der Waals surface area contributed by atoms with Gasteiger partial charge in [-0.2, -0.15) is 0 Å². The Labute approximate surface area is 144 Å². The number of nitrogens with zero attached hydrogens (tertiary/aromatic N) is 1. The molecule has 0 aliphatic rings. The first kappa shape index (κ1) is 16.7. The van der Waals surface area contributed by atoms with Crippen LogP contribution in [0, 0.1) is 5.82 Å². The van der Waals surface area contributed by atoms with Crippen molar-refractivity contribution in [3.8, 4) is 34.7 Å². The van der Waals surface area contributed by atoms with Crippen LogP contribution >= 0.6 is 0 Å². The molecule has 2 aromatic carbocycles. The monoisotopic (exact) mass is 343 g/mol. The third-order valence-corrected chi connectivity index (χ3v) is 3.87. The van der Waals surface area contributed by atoms with E-state index in [0.29, 0.717) is 11.5 Å². The number of rotatable bonds is 5. The zero-order chi connectivity index (χ0) is 18.0. The molecule has 0 saturated heterocycles. The van der Waals surface area contributed by atoms with Crippen molar-refractivity contribution in [3.63, 3.8) is 0 Å². The summed E-state index contributed by atoms with van der Waals surface area (Å²) in [5.74, 6) is -0.0876. The van der Waals surface area contributed by atoms with Gasteiger partial charge in [0, 0.05) is 18.2 Å². The normalized spacial score (nSPS) is 10.7. The molecule has 0 fully saturated rings. The molecule has 0 aliphatic heterocycles. The lowest BCUT2D eigenvalue weighted by molar-refractivity contribution is 0.370. The standard InChI is InChI=1S/C19H18FNO4/c1-3-12-4-6-16(17(10-12)24-2)25-15-7-5-13(11-14(15)20)21-18(22)8-9-19(21)23/h4-11,22-23H,3H2,1-2H3. The maximum atomic E-state index is 14.4. The molecular weight excluding hydrogens is 325 g/mol. The van der Waals surface area contributed by atoms with E-state index in [0.717, 1.165) is 16.6 Å². The molecule has 1 heterocycles. The summed E-state index contributed by atoms with van der Waals surface area (Å²) in [4.78, 5) is 0. The minimum absolute atomic E-state index is 0.0115. The summed E-state index contributed by atoms with van der Waals surface area (Å²) in [6, 6.07) is 12.2. The van der Waals surface area contributed by atoms with E-state index in [2.05, 4.69) is 0 Å². The van der Waals surface area contributed by atoms with Gasteiger partial charge in [-0.05, 0) is 36.2 Å². The predicted molar refractivity (Wildman–Crippen MR) is 91.5 cm³/mol. The summed E-state index contributed by atoms with van der Waals surface area (Å²) in [5, 5.41) is 19.5. The Morgan fingerprint density at radius 3 is 2.20 bits per heavy atom. The number of aromatic hydroxyl groups is 2. The van der Waals surface area contributed by atoms with Crippen molar-refractivity contribution in [1.82, 2.24) is 4.57 Å². The van der Waals surface area contributed by atoms with Crippen molar-refractivity contribution >= 4 is 0 Å². The number of halogens is 1. The molecule has 3 rings (SSSR count). The molecule has 0 spiro atoms. The second kappa shape index (κ2) is 6.76. The van der Waals surface area contributed by atoms with Gasteiger partial charge in [0.2, 0.25) is 0 Å². The van der Waals surface area contributed by atoms with Crippen LogP contribution in [0.4, 0.5) is 4.39 Å². The van der Waals surface area contributed by atoms with Crippen molar-refractivity contribution in [1.29, 1.82) is 0 Å². The van der Waals surface area contributed by atoms with Crippen LogP contribution in [0.2, 0.25) is 0 Å². The molecule has 0 radical (unpaired) electrons. The molecule has 3 aromatic rings. The van der Waals surface area contributed by atoms with Crippen LogP contribution in [-0.4, -0.2) is 21.9 Å². The van der Waals surface area contributed by atoms with Crippen molar-refractivity contribution in [2.45, 2.75) is 13.3 Å². The number of hydrogen-bond donors (Lipinski definition) is 2. The number of benzene rings is 2. The first-order chi connectivity index (χ1) is 12.0. The van der Waals surface area contributed by atoms with Crippen molar-refractivity contribution in [3.05, 3.63) is 59.9 Å². The topological polar surface area (TPSA) is 63.9 Å². The van der Waals surface area contributed by atoms with E-state index in [1.54, 1.807) is 6.07 Å². The summed E-state index contributed by atoms with van der Waals surface area (Å²) in [6.45, 7) is 2.03. The van der Waals surface area contributed by atoms with Gasteiger partial charge >= 0.3 is 0 Å². The highest BCUT2D eigenvalue weighted by molar-refractivity contribution is 5.49. The fraction of sp³-hybridized carbons (Fsp3) is 0.158. The Kier molecular flexibility index (Phi) is 4.52. The van der Waals surface area contributed by atoms with Crippen molar-refractivity contribution < 1.29 is 24.1 Å². The maximum absolute atomic E-state index is 14.4. The Hall–Kier alpha value is -3.15. The van der Waals surface area contributed by atoms with Crippen LogP contribution in [0.1, 0.15) is 12.5 Å². The van der Waals surface area contributed by atoms with E-state index < -0.39 is 5.82 Å². The molecule has 0 saturated carbocycles. The molecule has 5 nitrogen and oxygen atoms in total. The van der Waals surface area contributed by atoms with Crippen LogP contribution < -0.4 is 9.47 Å². The Morgan fingerprint density at radius 2 is 1.60 bits per heavy atom. The maximum Gasteiger partial charge on any atom is 0.198 e. The number of hydrogen-bond acceptors (Lipinski definition) is 4. The summed E-state index contributed by atoms with van der Waals surface area (Å²) in [6.07, 6.45) is 0.851. The molecule has 6 heteroatoms. The smallest absolute Gasteiger partial charge is 0.198 e. The molecular formula is C19H18FNO4. The lowest BCUT2D eigenvalue weighted by Gasteiger charge is -2.13. The highest BCUT2D eigenvalue weighted by atomic mass is 19.1. The number of methoxy groups -OCH3 is 1. The summed E-state index contributed by atoms with van der Waals surface area (Å²) in [5.41, 5.74) is 1.36. The zero-order valence-corrected chi connectivity index (χ0v) is 13.9. The van der Waals surface area contributed by atoms with E-state index in [1.165, 1.54) is 37.4 Å². The molecule has 25 heavy (non-hydrogen) atoms. The first-order valence-electron chi connectivity index (χ1n) is 7.78. The average Bonchev–Trinajstić information content (AvgIpc) is 2.95. The van der Waals surface area contributed by atoms with Gasteiger partial charge in [0.25, 0.3) is 0 Å². The van der Waals surface area contributed by atoms with Crippen LogP contribution in [0.3, 0.4) is 0 Å². The van der Waals surface area contributed by atoms with Gasteiger partial charge < -0.3 is 19.7 Å². The van der Waals surface area contributed by atoms with Gasteiger partial charge in [-0.25, -0.2) is 4.39 Å². The summed E-state index contributed by atoms with van der Waals surface area (Å²) in [7, 11) is 1.53. The zero-order valence-electron chi connectivity index (χ0n) is 13.9. The summed E-state index contributed by atoms with van der Waals surface area (Å²) >= 11 is 0. The fourth-order valence-corrected chi connectivity index (χ4v) is 2.53. The van der Waals surface area contributed by atoms with Crippen molar-refractivity contribution in [2.75, 3.05) is 7.11 Å². The minimum atomic E-state index is -0.633. The fourth-order valence-electron chi connectivity index (χ4n) is 2.53. The molecule has 2 N–H and O–H groups in total. The molecule has 0 aliphatic carbocycles. The average molecular weight is 343 g/mol. The number of aromatic nitrogens is 1. The van der Waals surface area contributed by atoms with Crippen LogP contribution in [0.5, 0.6) is 29.0 Å². The summed E-state index contributed by atoms with van der Waals surface area (Å²) < 4.78 is 26.5. The molecule has 130 valence electrons. The van der Waals surface area contributed by atoms with Gasteiger partial charge in [-0.15, -0.1) is 0 Å². The minimum Gasteiger partial charge on any atom is -0.494 e. The van der Waals surface area contributed by atoms with E-state index in [9.17, 15) is 14.6 Å². The Morgan fingerprint density at radius 1 is 0.920 bits per heavy atom. The van der Waals surface area contributed by atoms with E-state index in [-0.39, 0.29) is 23.2 Å². The van der Waals surface area contributed by atoms with Gasteiger partial charge in [0.1, 0.15) is 0 Å². The first-order valence-corrected chi connectivity index (χ1v) is 7.78. The quantitative estimate of drug-likeness (QED) is 0.721. The molecule has 0 unspecified atom stereocenters. The molecule has 0 atom stereocenters. The Balaban J connectivity index is 1.92. The van der Waals surface area contributed by atoms with Gasteiger partial charge in [-0.1, -0.05) is 13.0 Å². The largest absolute Gasteiger partial charge is 0.494 e. The van der Waals surface area contributed by atoms with Crippen LogP contribution in [-0.2, 0) is 6.42 Å². The molecule has 1 aromatic heterocycles. The van der Waals surface area contributed by atoms with E-state index in [4.69, 9.17) is 9.47 Å². The van der Waals surface area contributed by atoms with E-state index in [1.807, 2.05) is 19.1 Å². The molecule has 0 amide bonds. The lowest BCUT2D eigenvalue weighted by atomic mass is 10.1. The second-order valence-corrected chi connectivity index (χ2v) is 5.44. The number of ether oxygens (including phenoxy) is 2. The Bertz CT molecular complexity index is 885. The van der Waals surface area contributed by atoms with Crippen LogP contribution in [0.25, 0.3) is 5.69 Å². The second-order valence-electron chi connectivity index (χ2n) is 5.44. The number of aryl methyl sites for hydroxylation is 1. The highest BCUT2D eigenvalue weighted by Crippen LogP contribution is 2.35. The third-order valence-electron chi connectivity index (χ3n) is 3.87. The van der Waals surface area contributed by atoms with Gasteiger partial charge in [0.05, 0.1) is 12.8 Å². The lowest BCUT2D eigenvalue weighted by Crippen LogP contribution is -1.97. The third kappa shape index (κ3) is 3.24. The van der Waals surface area contributed by atoms with Gasteiger partial charge in [-0.3, -0.25) is 4.57 Å². The SMILES string of the molecule is CCc1ccc(Oc2ccc(-n3c(O)ccc3O)cc2F)c(OC)c1. The van der Waals surface area contributed by atoms with E-state index >= 15 is 0 Å². The van der Waals surface area contributed by atoms with Crippen LogP contribution in [0.15, 0.2) is 48.5 Å².